The maximum Gasteiger partial charge on any atom is 0.164 e. The predicted molar refractivity (Wildman–Crippen MR) is 93.0 cm³/mol. The minimum Gasteiger partial charge on any atom is -0.370 e. The largest absolute Gasteiger partial charge is 0.370 e. The van der Waals surface area contributed by atoms with Gasteiger partial charge in [-0.05, 0) is 29.9 Å². The zero-order valence-electron chi connectivity index (χ0n) is 12.9. The summed E-state index contributed by atoms with van der Waals surface area (Å²) in [5.41, 5.74) is 2.18. The number of ketones is 1. The molecule has 2 nitrogen and oxygen atoms in total. The number of rotatable bonds is 5. The standard InChI is InChI=1S/C19H21NOS/c1-15(16-8-3-2-4-9-16)18(21)14-17(19-10-7-13-22-19)20-11-5-6-12-20/h2-4,7-10,13-15H,5-6,11-12H2,1H3. The lowest BCUT2D eigenvalue weighted by atomic mass is 9.96. The Bertz CT molecular complexity index is 639. The molecule has 1 aromatic heterocycles. The average Bonchev–Trinajstić information content (AvgIpc) is 3.26. The maximum absolute atomic E-state index is 12.7. The smallest absolute Gasteiger partial charge is 0.164 e. The molecule has 0 spiro atoms. The van der Waals surface area contributed by atoms with Crippen LogP contribution in [0.2, 0.25) is 0 Å². The van der Waals surface area contributed by atoms with E-state index in [1.165, 1.54) is 17.7 Å². The van der Waals surface area contributed by atoms with Gasteiger partial charge < -0.3 is 4.90 Å². The van der Waals surface area contributed by atoms with Gasteiger partial charge in [-0.3, -0.25) is 4.79 Å². The Labute approximate surface area is 136 Å². The van der Waals surface area contributed by atoms with E-state index in [9.17, 15) is 4.79 Å². The molecule has 1 saturated heterocycles. The summed E-state index contributed by atoms with van der Waals surface area (Å²) >= 11 is 1.71. The van der Waals surface area contributed by atoms with Crippen LogP contribution in [-0.2, 0) is 4.79 Å². The van der Waals surface area contributed by atoms with Crippen LogP contribution in [0.5, 0.6) is 0 Å². The van der Waals surface area contributed by atoms with Crippen molar-refractivity contribution in [2.75, 3.05) is 13.1 Å². The molecule has 22 heavy (non-hydrogen) atoms. The summed E-state index contributed by atoms with van der Waals surface area (Å²) in [5.74, 6) is 0.0836. The molecule has 1 fully saturated rings. The highest BCUT2D eigenvalue weighted by Crippen LogP contribution is 2.28. The number of carbonyl (C=O) groups excluding carboxylic acids is 1. The fourth-order valence-corrected chi connectivity index (χ4v) is 3.64. The fraction of sp³-hybridized carbons (Fsp3) is 0.316. The van der Waals surface area contributed by atoms with Crippen LogP contribution in [0.15, 0.2) is 53.9 Å². The van der Waals surface area contributed by atoms with Crippen LogP contribution in [0, 0.1) is 0 Å². The molecule has 1 aliphatic rings. The first kappa shape index (κ1) is 15.0. The molecular weight excluding hydrogens is 290 g/mol. The Morgan fingerprint density at radius 3 is 2.50 bits per heavy atom. The normalized spacial score (nSPS) is 16.8. The molecule has 2 heterocycles. The molecule has 3 heteroatoms. The summed E-state index contributed by atoms with van der Waals surface area (Å²) in [6.45, 7) is 4.09. The Morgan fingerprint density at radius 2 is 1.86 bits per heavy atom. The lowest BCUT2D eigenvalue weighted by molar-refractivity contribution is -0.115. The second-order valence-electron chi connectivity index (χ2n) is 5.74. The summed E-state index contributed by atoms with van der Waals surface area (Å²) in [5, 5.41) is 2.07. The van der Waals surface area contributed by atoms with E-state index in [-0.39, 0.29) is 11.7 Å². The van der Waals surface area contributed by atoms with E-state index < -0.39 is 0 Å². The first-order valence-electron chi connectivity index (χ1n) is 7.85. The SMILES string of the molecule is CC(C(=O)C=C(c1cccs1)N1CCCC1)c1ccccc1. The van der Waals surface area contributed by atoms with Crippen molar-refractivity contribution < 1.29 is 4.79 Å². The van der Waals surface area contributed by atoms with Crippen LogP contribution in [0.25, 0.3) is 5.70 Å². The van der Waals surface area contributed by atoms with Crippen LogP contribution in [0.4, 0.5) is 0 Å². The maximum atomic E-state index is 12.7. The molecule has 0 N–H and O–H groups in total. The molecule has 114 valence electrons. The first-order valence-corrected chi connectivity index (χ1v) is 8.73. The molecular formula is C19H21NOS. The zero-order valence-corrected chi connectivity index (χ0v) is 13.7. The van der Waals surface area contributed by atoms with Gasteiger partial charge in [0.05, 0.1) is 10.6 Å². The molecule has 1 atom stereocenters. The highest BCUT2D eigenvalue weighted by Gasteiger charge is 2.20. The minimum absolute atomic E-state index is 0.0984. The van der Waals surface area contributed by atoms with Crippen LogP contribution in [0.3, 0.4) is 0 Å². The van der Waals surface area contributed by atoms with Crippen LogP contribution in [-0.4, -0.2) is 23.8 Å². The Hall–Kier alpha value is -1.87. The zero-order chi connectivity index (χ0) is 15.4. The summed E-state index contributed by atoms with van der Waals surface area (Å²) in [6.07, 6.45) is 4.28. The van der Waals surface area contributed by atoms with Crippen molar-refractivity contribution in [2.45, 2.75) is 25.7 Å². The molecule has 0 amide bonds. The predicted octanol–water partition coefficient (Wildman–Crippen LogP) is 4.56. The van der Waals surface area contributed by atoms with Crippen LogP contribution in [0.1, 0.15) is 36.1 Å². The first-order chi connectivity index (χ1) is 10.8. The lowest BCUT2D eigenvalue weighted by Crippen LogP contribution is -2.19. The van der Waals surface area contributed by atoms with Crippen molar-refractivity contribution in [1.82, 2.24) is 4.90 Å². The molecule has 1 aromatic carbocycles. The highest BCUT2D eigenvalue weighted by molar-refractivity contribution is 7.11. The number of thiophene rings is 1. The Balaban J connectivity index is 1.87. The van der Waals surface area contributed by atoms with E-state index >= 15 is 0 Å². The minimum atomic E-state index is -0.0984. The lowest BCUT2D eigenvalue weighted by Gasteiger charge is -2.21. The second-order valence-corrected chi connectivity index (χ2v) is 6.68. The van der Waals surface area contributed by atoms with Gasteiger partial charge in [-0.25, -0.2) is 0 Å². The molecule has 1 aliphatic heterocycles. The number of nitrogens with zero attached hydrogens (tertiary/aromatic N) is 1. The quantitative estimate of drug-likeness (QED) is 0.755. The van der Waals surface area contributed by atoms with Gasteiger partial charge in [-0.2, -0.15) is 0 Å². The van der Waals surface area contributed by atoms with E-state index in [4.69, 9.17) is 0 Å². The summed E-state index contributed by atoms with van der Waals surface area (Å²) in [4.78, 5) is 16.2. The van der Waals surface area contributed by atoms with Gasteiger partial charge in [-0.15, -0.1) is 11.3 Å². The van der Waals surface area contributed by atoms with Gasteiger partial charge in [0, 0.05) is 25.1 Å². The third-order valence-corrected chi connectivity index (χ3v) is 5.12. The molecule has 2 aromatic rings. The van der Waals surface area contributed by atoms with Gasteiger partial charge in [0.25, 0.3) is 0 Å². The third kappa shape index (κ3) is 3.30. The van der Waals surface area contributed by atoms with Crippen molar-refractivity contribution in [2.24, 2.45) is 0 Å². The van der Waals surface area contributed by atoms with Crippen molar-refractivity contribution >= 4 is 22.8 Å². The number of likely N-dealkylation sites (tertiary alicyclic amines) is 1. The summed E-state index contributed by atoms with van der Waals surface area (Å²) in [7, 11) is 0. The third-order valence-electron chi connectivity index (χ3n) is 4.23. The Morgan fingerprint density at radius 1 is 1.14 bits per heavy atom. The molecule has 0 bridgehead atoms. The second kappa shape index (κ2) is 6.93. The monoisotopic (exact) mass is 311 g/mol. The topological polar surface area (TPSA) is 20.3 Å². The van der Waals surface area contributed by atoms with E-state index in [2.05, 4.69) is 22.4 Å². The van der Waals surface area contributed by atoms with Gasteiger partial charge in [-0.1, -0.05) is 43.3 Å². The highest BCUT2D eigenvalue weighted by atomic mass is 32.1. The molecule has 1 unspecified atom stereocenters. The number of hydrogen-bond acceptors (Lipinski definition) is 3. The van der Waals surface area contributed by atoms with E-state index in [1.54, 1.807) is 11.3 Å². The summed E-state index contributed by atoms with van der Waals surface area (Å²) in [6, 6.07) is 14.2. The van der Waals surface area contributed by atoms with Crippen LogP contribution >= 0.6 is 11.3 Å². The average molecular weight is 311 g/mol. The van der Waals surface area contributed by atoms with Crippen LogP contribution < -0.4 is 0 Å². The number of carbonyl (C=O) groups is 1. The van der Waals surface area contributed by atoms with E-state index in [0.29, 0.717) is 0 Å². The van der Waals surface area contributed by atoms with E-state index in [0.717, 1.165) is 24.4 Å². The van der Waals surface area contributed by atoms with Gasteiger partial charge >= 0.3 is 0 Å². The van der Waals surface area contributed by atoms with Gasteiger partial charge in [0.15, 0.2) is 5.78 Å². The molecule has 0 saturated carbocycles. The van der Waals surface area contributed by atoms with Gasteiger partial charge in [0.2, 0.25) is 0 Å². The van der Waals surface area contributed by atoms with E-state index in [1.807, 2.05) is 43.3 Å². The van der Waals surface area contributed by atoms with Crippen molar-refractivity contribution in [3.05, 3.63) is 64.4 Å². The summed E-state index contributed by atoms with van der Waals surface area (Å²) < 4.78 is 0. The molecule has 0 radical (unpaired) electrons. The van der Waals surface area contributed by atoms with Crippen molar-refractivity contribution in [3.8, 4) is 0 Å². The molecule has 3 rings (SSSR count). The van der Waals surface area contributed by atoms with Crippen molar-refractivity contribution in [3.63, 3.8) is 0 Å². The number of allylic oxidation sites excluding steroid dienone is 1. The van der Waals surface area contributed by atoms with Crippen molar-refractivity contribution in [1.29, 1.82) is 0 Å². The fourth-order valence-electron chi connectivity index (χ4n) is 2.87. The number of benzene rings is 1. The van der Waals surface area contributed by atoms with Gasteiger partial charge in [0.1, 0.15) is 0 Å². The number of hydrogen-bond donors (Lipinski definition) is 0. The Kier molecular flexibility index (Phi) is 4.74. The molecule has 0 aliphatic carbocycles.